The molecule has 20 heteroatoms. The van der Waals surface area contributed by atoms with Gasteiger partial charge in [0.1, 0.15) is 41.0 Å². The van der Waals surface area contributed by atoms with E-state index in [1.54, 1.807) is 23.6 Å². The molecule has 324 valence electrons. The number of fused-ring (bicyclic) bond motifs is 1. The molecular formula is C40H46Cl3FN6O8S2. The fraction of sp³-hybridized carbons (Fsp3) is 0.425. The van der Waals surface area contributed by atoms with Gasteiger partial charge in [-0.2, -0.15) is 0 Å². The fourth-order valence-electron chi connectivity index (χ4n) is 7.26. The van der Waals surface area contributed by atoms with E-state index in [0.29, 0.717) is 56.5 Å². The van der Waals surface area contributed by atoms with Crippen LogP contribution in [0.25, 0.3) is 22.0 Å². The second kappa shape index (κ2) is 17.9. The van der Waals surface area contributed by atoms with E-state index in [4.69, 9.17) is 25.8 Å². The first kappa shape index (κ1) is 46.6. The number of thiazole rings is 1. The number of anilines is 1. The zero-order valence-corrected chi connectivity index (χ0v) is 37.3. The van der Waals surface area contributed by atoms with Crippen LogP contribution in [0.5, 0.6) is 17.4 Å². The van der Waals surface area contributed by atoms with Crippen molar-refractivity contribution in [3.63, 3.8) is 0 Å². The number of sulfonamides is 1. The zero-order chi connectivity index (χ0) is 41.7. The van der Waals surface area contributed by atoms with Gasteiger partial charge in [-0.15, -0.1) is 42.7 Å². The standard InChI is InChI=1S/C40H44ClFN6O8S2.2ClH/c1-7-21-17-40(21,37(51)47-58(52,53)25-10-11-25)46-34(49)30-16-24(56-35-27-14-22(41)8-12-26(27)32(55-6)18-43-35)19-48(30)36(50)33(39(2,3)4)45-38-44-29(20-57-38)28-15-23(42)9-13-31(28)54-5;;/h7-9,12-15,18,20-21,24-25,30,33H,1,10-11,16-17,19H2,2-6H3,(H,44,45)(H,46,49)(H,47,51);2*1H/t21-,24-,30+,33-,40-;;/m1../s1. The highest BCUT2D eigenvalue weighted by Gasteiger charge is 2.62. The number of benzene rings is 2. The number of carbonyl (C=O) groups excluding carboxylic acids is 3. The number of carbonyl (C=O) groups is 3. The van der Waals surface area contributed by atoms with E-state index in [9.17, 15) is 27.2 Å². The molecule has 3 N–H and O–H groups in total. The van der Waals surface area contributed by atoms with Crippen molar-refractivity contribution in [2.24, 2.45) is 11.3 Å². The number of amides is 3. The Kier molecular flexibility index (Phi) is 13.9. The van der Waals surface area contributed by atoms with Crippen LogP contribution in [0.4, 0.5) is 9.52 Å². The molecule has 1 aliphatic heterocycles. The number of halogens is 4. The molecule has 3 amide bonds. The smallest absolute Gasteiger partial charge is 0.259 e. The van der Waals surface area contributed by atoms with Gasteiger partial charge in [0.2, 0.25) is 27.7 Å². The molecule has 14 nitrogen and oxygen atoms in total. The lowest BCUT2D eigenvalue weighted by Gasteiger charge is -2.35. The van der Waals surface area contributed by atoms with Crippen molar-refractivity contribution in [3.05, 3.63) is 71.5 Å². The predicted molar refractivity (Wildman–Crippen MR) is 233 cm³/mol. The van der Waals surface area contributed by atoms with Gasteiger partial charge in [0.05, 0.1) is 37.9 Å². The lowest BCUT2D eigenvalue weighted by atomic mass is 9.85. The maximum absolute atomic E-state index is 14.9. The summed E-state index contributed by atoms with van der Waals surface area (Å²) in [4.78, 5) is 53.5. The predicted octanol–water partition coefficient (Wildman–Crippen LogP) is 6.56. The maximum Gasteiger partial charge on any atom is 0.259 e. The van der Waals surface area contributed by atoms with Gasteiger partial charge < -0.3 is 29.7 Å². The van der Waals surface area contributed by atoms with Crippen LogP contribution in [0.3, 0.4) is 0 Å². The third-order valence-electron chi connectivity index (χ3n) is 10.7. The van der Waals surface area contributed by atoms with Crippen molar-refractivity contribution in [1.29, 1.82) is 0 Å². The topological polar surface area (TPSA) is 178 Å². The largest absolute Gasteiger partial charge is 0.496 e. The third-order valence-corrected chi connectivity index (χ3v) is 13.5. The van der Waals surface area contributed by atoms with Crippen molar-refractivity contribution in [1.82, 2.24) is 24.9 Å². The molecule has 2 aromatic carbocycles. The molecule has 2 saturated carbocycles. The van der Waals surface area contributed by atoms with Crippen molar-refractivity contribution < 1.29 is 41.4 Å². The number of methoxy groups -OCH3 is 2. The summed E-state index contributed by atoms with van der Waals surface area (Å²) in [5.74, 6) is -1.86. The minimum atomic E-state index is -3.92. The van der Waals surface area contributed by atoms with Gasteiger partial charge >= 0.3 is 0 Å². The summed E-state index contributed by atoms with van der Waals surface area (Å²) in [5.41, 5.74) is -1.45. The second-order valence-electron chi connectivity index (χ2n) is 15.8. The minimum absolute atomic E-state index is 0. The van der Waals surface area contributed by atoms with Crippen LogP contribution in [0, 0.1) is 17.2 Å². The van der Waals surface area contributed by atoms with Crippen molar-refractivity contribution in [2.45, 2.75) is 75.4 Å². The minimum Gasteiger partial charge on any atom is -0.496 e. The molecule has 2 aromatic heterocycles. The molecule has 0 radical (unpaired) electrons. The van der Waals surface area contributed by atoms with Gasteiger partial charge in [0.25, 0.3) is 5.91 Å². The van der Waals surface area contributed by atoms with Crippen LogP contribution in [0.2, 0.25) is 5.02 Å². The van der Waals surface area contributed by atoms with Crippen LogP contribution in [0.1, 0.15) is 46.5 Å². The average molecular weight is 928 g/mol. The van der Waals surface area contributed by atoms with Gasteiger partial charge in [0.15, 0.2) is 5.13 Å². The highest BCUT2D eigenvalue weighted by atomic mass is 35.5. The SMILES string of the molecule is C=C[C@@H]1C[C@]1(NC(=O)[C@@H]1C[C@@H](Oc2ncc(OC)c3ccc(Cl)cc23)CN1C(=O)[C@@H](Nc1nc(-c2cc(F)ccc2OC)cs1)C(C)(C)C)C(=O)NS(=O)(=O)C1CC1.Cl.Cl. The molecule has 1 saturated heterocycles. The summed E-state index contributed by atoms with van der Waals surface area (Å²) in [6, 6.07) is 7.18. The van der Waals surface area contributed by atoms with Crippen LogP contribution in [0.15, 0.2) is 60.6 Å². The summed E-state index contributed by atoms with van der Waals surface area (Å²) in [6.45, 7) is 9.33. The first-order valence-corrected chi connectivity index (χ1v) is 21.4. The van der Waals surface area contributed by atoms with E-state index < -0.39 is 73.9 Å². The first-order valence-electron chi connectivity index (χ1n) is 18.6. The van der Waals surface area contributed by atoms with E-state index in [1.807, 2.05) is 20.8 Å². The molecule has 0 spiro atoms. The third kappa shape index (κ3) is 9.39. The molecule has 0 bridgehead atoms. The normalized spacial score (nSPS) is 21.4. The van der Waals surface area contributed by atoms with Crippen LogP contribution < -0.4 is 29.6 Å². The van der Waals surface area contributed by atoms with E-state index in [-0.39, 0.29) is 50.1 Å². The molecule has 7 rings (SSSR count). The summed E-state index contributed by atoms with van der Waals surface area (Å²) in [7, 11) is -0.928. The highest BCUT2D eigenvalue weighted by molar-refractivity contribution is 7.91. The number of rotatable bonds is 14. The Bertz CT molecular complexity index is 2410. The Hall–Kier alpha value is -4.42. The maximum atomic E-state index is 14.9. The Labute approximate surface area is 368 Å². The number of aromatic nitrogens is 2. The number of ether oxygens (including phenoxy) is 3. The monoisotopic (exact) mass is 926 g/mol. The number of nitrogens with zero attached hydrogens (tertiary/aromatic N) is 3. The van der Waals surface area contributed by atoms with E-state index in [0.717, 1.165) is 0 Å². The highest BCUT2D eigenvalue weighted by Crippen LogP contribution is 2.46. The number of nitrogens with one attached hydrogen (secondary N) is 3. The van der Waals surface area contributed by atoms with Gasteiger partial charge in [-0.1, -0.05) is 38.4 Å². The molecule has 2 aliphatic carbocycles. The number of hydrogen-bond acceptors (Lipinski definition) is 12. The lowest BCUT2D eigenvalue weighted by molar-refractivity contribution is -0.141. The molecule has 3 fully saturated rings. The van der Waals surface area contributed by atoms with Crippen molar-refractivity contribution >= 4 is 91.4 Å². The Morgan fingerprint density at radius 2 is 1.80 bits per heavy atom. The van der Waals surface area contributed by atoms with Gasteiger partial charge in [0, 0.05) is 39.1 Å². The van der Waals surface area contributed by atoms with Crippen LogP contribution >= 0.6 is 47.8 Å². The Morgan fingerprint density at radius 1 is 1.08 bits per heavy atom. The lowest BCUT2D eigenvalue weighted by Crippen LogP contribution is -2.58. The quantitative estimate of drug-likeness (QED) is 0.117. The van der Waals surface area contributed by atoms with Gasteiger partial charge in [-0.25, -0.2) is 22.8 Å². The van der Waals surface area contributed by atoms with Crippen LogP contribution in [-0.4, -0.2) is 90.7 Å². The van der Waals surface area contributed by atoms with Crippen molar-refractivity contribution in [2.75, 3.05) is 26.1 Å². The molecular weight excluding hydrogens is 882 g/mol. The molecule has 3 heterocycles. The van der Waals surface area contributed by atoms with Crippen molar-refractivity contribution in [3.8, 4) is 28.6 Å². The first-order chi connectivity index (χ1) is 27.5. The summed E-state index contributed by atoms with van der Waals surface area (Å²) in [6.07, 6.45) is 3.28. The summed E-state index contributed by atoms with van der Waals surface area (Å²) in [5, 5.41) is 9.19. The van der Waals surface area contributed by atoms with Gasteiger partial charge in [-0.05, 0) is 61.1 Å². The molecule has 4 aromatic rings. The Morgan fingerprint density at radius 3 is 2.43 bits per heavy atom. The van der Waals surface area contributed by atoms with Crippen LogP contribution in [-0.2, 0) is 24.4 Å². The van der Waals surface area contributed by atoms with E-state index in [1.165, 1.54) is 60.9 Å². The number of likely N-dealkylation sites (tertiary alicyclic amines) is 1. The summed E-state index contributed by atoms with van der Waals surface area (Å²) < 4.78 is 59.4. The van der Waals surface area contributed by atoms with E-state index in [2.05, 4.69) is 31.9 Å². The average Bonchev–Trinajstić information content (AvgIpc) is 4.07. The Balaban J connectivity index is 0.00000341. The zero-order valence-electron chi connectivity index (χ0n) is 33.3. The number of pyridine rings is 1. The van der Waals surface area contributed by atoms with E-state index >= 15 is 0 Å². The molecule has 5 atom stereocenters. The fourth-order valence-corrected chi connectivity index (χ4v) is 9.53. The summed E-state index contributed by atoms with van der Waals surface area (Å²) >= 11 is 7.58. The molecule has 0 unspecified atom stereocenters. The second-order valence-corrected chi connectivity index (χ2v) is 19.1. The number of hydrogen-bond donors (Lipinski definition) is 3. The molecule has 3 aliphatic rings. The van der Waals surface area contributed by atoms with Gasteiger partial charge in [-0.3, -0.25) is 19.1 Å². The molecule has 60 heavy (non-hydrogen) atoms.